The van der Waals surface area contributed by atoms with Gasteiger partial charge in [0.25, 0.3) is 0 Å². The molecular formula is C28H40O5. The van der Waals surface area contributed by atoms with Crippen LogP contribution in [0.15, 0.2) is 47.1 Å². The summed E-state index contributed by atoms with van der Waals surface area (Å²) in [7, 11) is 1.62. The minimum atomic E-state index is -0.482. The molecule has 2 unspecified atom stereocenters. The first-order valence-electron chi connectivity index (χ1n) is 11.7. The molecule has 0 bridgehead atoms. The van der Waals surface area contributed by atoms with Gasteiger partial charge in [0.15, 0.2) is 5.78 Å². The van der Waals surface area contributed by atoms with Crippen LogP contribution in [0.2, 0.25) is 0 Å². The van der Waals surface area contributed by atoms with Crippen molar-refractivity contribution in [3.05, 3.63) is 58.2 Å². The van der Waals surface area contributed by atoms with E-state index in [4.69, 9.17) is 9.47 Å². The highest BCUT2D eigenvalue weighted by atomic mass is 16.6. The zero-order chi connectivity index (χ0) is 24.8. The van der Waals surface area contributed by atoms with Crippen molar-refractivity contribution in [1.29, 1.82) is 0 Å². The molecule has 1 aliphatic rings. The van der Waals surface area contributed by atoms with Gasteiger partial charge in [-0.1, -0.05) is 23.3 Å². The maximum Gasteiger partial charge on any atom is 0.159 e. The second-order valence-electron chi connectivity index (χ2n) is 9.79. The fourth-order valence-electron chi connectivity index (χ4n) is 4.02. The predicted octanol–water partition coefficient (Wildman–Crippen LogP) is 5.76. The van der Waals surface area contributed by atoms with Crippen molar-refractivity contribution in [1.82, 2.24) is 0 Å². The fourth-order valence-corrected chi connectivity index (χ4v) is 4.02. The lowest BCUT2D eigenvalue weighted by molar-refractivity contribution is -0.114. The van der Waals surface area contributed by atoms with Gasteiger partial charge in [0.05, 0.1) is 24.9 Å². The first-order valence-corrected chi connectivity index (χ1v) is 11.7. The van der Waals surface area contributed by atoms with E-state index in [1.807, 2.05) is 47.6 Å². The number of aliphatic hydroxyl groups excluding tert-OH is 1. The number of carbonyl (C=O) groups is 1. The predicted molar refractivity (Wildman–Crippen MR) is 133 cm³/mol. The zero-order valence-corrected chi connectivity index (χ0v) is 21.2. The number of hydrogen-bond acceptors (Lipinski definition) is 5. The summed E-state index contributed by atoms with van der Waals surface area (Å²) in [5, 5.41) is 20.2. The molecule has 1 aromatic carbocycles. The van der Waals surface area contributed by atoms with Crippen LogP contribution in [0.4, 0.5) is 0 Å². The molecule has 0 radical (unpaired) electrons. The van der Waals surface area contributed by atoms with Crippen LogP contribution in [0, 0.1) is 6.92 Å². The number of ether oxygens (including phenoxy) is 2. The summed E-state index contributed by atoms with van der Waals surface area (Å²) in [6, 6.07) is 3.38. The topological polar surface area (TPSA) is 79.3 Å². The Morgan fingerprint density at radius 3 is 2.48 bits per heavy atom. The Labute approximate surface area is 198 Å². The van der Waals surface area contributed by atoms with Crippen molar-refractivity contribution in [2.24, 2.45) is 0 Å². The molecule has 1 aliphatic heterocycles. The highest BCUT2D eigenvalue weighted by Gasteiger charge is 2.48. The third-order valence-corrected chi connectivity index (χ3v) is 6.20. The van der Waals surface area contributed by atoms with Gasteiger partial charge in [0.1, 0.15) is 11.5 Å². The molecule has 0 saturated carbocycles. The molecule has 33 heavy (non-hydrogen) atoms. The first-order chi connectivity index (χ1) is 15.4. The second kappa shape index (κ2) is 11.7. The average molecular weight is 457 g/mol. The summed E-state index contributed by atoms with van der Waals surface area (Å²) < 4.78 is 11.0. The number of epoxide rings is 1. The first kappa shape index (κ1) is 26.9. The number of phenols is 1. The van der Waals surface area contributed by atoms with Crippen molar-refractivity contribution in [3.63, 3.8) is 0 Å². The summed E-state index contributed by atoms with van der Waals surface area (Å²) >= 11 is 0. The van der Waals surface area contributed by atoms with E-state index < -0.39 is 6.10 Å². The molecule has 1 fully saturated rings. The minimum absolute atomic E-state index is 0.0779. The maximum absolute atomic E-state index is 12.4. The average Bonchev–Trinajstić information content (AvgIpc) is 3.31. The largest absolute Gasteiger partial charge is 0.508 e. The lowest BCUT2D eigenvalue weighted by Gasteiger charge is -2.11. The lowest BCUT2D eigenvalue weighted by atomic mass is 9.99. The van der Waals surface area contributed by atoms with Gasteiger partial charge < -0.3 is 19.7 Å². The number of allylic oxidation sites excluding steroid dienone is 5. The van der Waals surface area contributed by atoms with Gasteiger partial charge >= 0.3 is 0 Å². The van der Waals surface area contributed by atoms with Gasteiger partial charge in [-0.2, -0.15) is 0 Å². The SMILES string of the molecule is COc1c(C)cc(O)cc1CC=C(C)CC(=O)C=C(C)CCC=C(C)C(O)CC1OC1(C)C. The van der Waals surface area contributed by atoms with Crippen LogP contribution in [-0.4, -0.2) is 40.9 Å². The standard InChI is InChI=1S/C28H40O5/c1-18(9-8-10-20(3)25(31)17-26-28(5,6)33-26)13-23(29)14-19(2)11-12-22-16-24(30)15-21(4)27(22)32-7/h10-11,13,15-16,25-26,30-31H,8-9,12,14,17H2,1-7H3. The Bertz CT molecular complexity index is 936. The number of rotatable bonds is 12. The summed E-state index contributed by atoms with van der Waals surface area (Å²) in [5.74, 6) is 1.06. The van der Waals surface area contributed by atoms with E-state index in [1.54, 1.807) is 25.3 Å². The Kier molecular flexibility index (Phi) is 9.50. The number of ketones is 1. The molecule has 0 amide bonds. The zero-order valence-electron chi connectivity index (χ0n) is 21.2. The summed E-state index contributed by atoms with van der Waals surface area (Å²) in [6.07, 6.45) is 8.58. The Morgan fingerprint density at radius 2 is 1.88 bits per heavy atom. The van der Waals surface area contributed by atoms with E-state index in [0.29, 0.717) is 19.3 Å². The van der Waals surface area contributed by atoms with Crippen LogP contribution in [0.3, 0.4) is 0 Å². The smallest absolute Gasteiger partial charge is 0.159 e. The number of aromatic hydroxyl groups is 1. The van der Waals surface area contributed by atoms with Crippen LogP contribution < -0.4 is 4.74 Å². The number of aryl methyl sites for hydroxylation is 1. The number of hydrogen-bond donors (Lipinski definition) is 2. The van der Waals surface area contributed by atoms with E-state index in [-0.39, 0.29) is 23.2 Å². The molecule has 182 valence electrons. The normalized spacial score (nSPS) is 19.4. The van der Waals surface area contributed by atoms with Gasteiger partial charge in [-0.3, -0.25) is 4.79 Å². The molecule has 2 rings (SSSR count). The van der Waals surface area contributed by atoms with Gasteiger partial charge in [0, 0.05) is 18.4 Å². The van der Waals surface area contributed by atoms with Crippen molar-refractivity contribution < 1.29 is 24.5 Å². The maximum atomic E-state index is 12.4. The number of phenolic OH excluding ortho intramolecular Hbond substituents is 1. The molecule has 5 nitrogen and oxygen atoms in total. The van der Waals surface area contributed by atoms with E-state index >= 15 is 0 Å². The molecule has 0 spiro atoms. The third kappa shape index (κ3) is 8.49. The molecule has 5 heteroatoms. The molecule has 0 aliphatic carbocycles. The molecule has 2 N–H and O–H groups in total. The second-order valence-corrected chi connectivity index (χ2v) is 9.79. The fraction of sp³-hybridized carbons (Fsp3) is 0.536. The molecular weight excluding hydrogens is 416 g/mol. The van der Waals surface area contributed by atoms with Gasteiger partial charge in [-0.25, -0.2) is 0 Å². The number of methoxy groups -OCH3 is 1. The van der Waals surface area contributed by atoms with Gasteiger partial charge in [-0.05, 0) is 90.2 Å². The third-order valence-electron chi connectivity index (χ3n) is 6.20. The molecule has 2 atom stereocenters. The van der Waals surface area contributed by atoms with Crippen molar-refractivity contribution in [2.75, 3.05) is 7.11 Å². The quantitative estimate of drug-likeness (QED) is 0.237. The lowest BCUT2D eigenvalue weighted by Crippen LogP contribution is -2.15. The number of carbonyl (C=O) groups excluding carboxylic acids is 1. The molecule has 1 aromatic rings. The van der Waals surface area contributed by atoms with E-state index in [2.05, 4.69) is 6.08 Å². The van der Waals surface area contributed by atoms with Crippen LogP contribution in [0.1, 0.15) is 71.4 Å². The van der Waals surface area contributed by atoms with Crippen LogP contribution in [0.25, 0.3) is 0 Å². The Morgan fingerprint density at radius 1 is 1.21 bits per heavy atom. The van der Waals surface area contributed by atoms with Crippen LogP contribution >= 0.6 is 0 Å². The molecule has 0 aromatic heterocycles. The molecule has 1 saturated heterocycles. The van der Waals surface area contributed by atoms with E-state index in [1.165, 1.54) is 0 Å². The summed E-state index contributed by atoms with van der Waals surface area (Å²) in [4.78, 5) is 12.4. The Hall–Kier alpha value is -2.37. The number of benzene rings is 1. The van der Waals surface area contributed by atoms with E-state index in [9.17, 15) is 15.0 Å². The number of aliphatic hydroxyl groups is 1. The minimum Gasteiger partial charge on any atom is -0.508 e. The van der Waals surface area contributed by atoms with Crippen LogP contribution in [0.5, 0.6) is 11.5 Å². The van der Waals surface area contributed by atoms with Gasteiger partial charge in [-0.15, -0.1) is 0 Å². The van der Waals surface area contributed by atoms with Crippen molar-refractivity contribution in [3.8, 4) is 11.5 Å². The highest BCUT2D eigenvalue weighted by molar-refractivity contribution is 5.91. The van der Waals surface area contributed by atoms with E-state index in [0.717, 1.165) is 46.4 Å². The highest BCUT2D eigenvalue weighted by Crippen LogP contribution is 2.39. The monoisotopic (exact) mass is 456 g/mol. The summed E-state index contributed by atoms with van der Waals surface area (Å²) in [5.41, 5.74) is 4.64. The molecule has 1 heterocycles. The van der Waals surface area contributed by atoms with Crippen LogP contribution in [-0.2, 0) is 16.0 Å². The van der Waals surface area contributed by atoms with Crippen molar-refractivity contribution in [2.45, 2.75) is 91.5 Å². The van der Waals surface area contributed by atoms with Gasteiger partial charge in [0.2, 0.25) is 0 Å². The summed E-state index contributed by atoms with van der Waals surface area (Å²) in [6.45, 7) is 11.8. The van der Waals surface area contributed by atoms with Crippen molar-refractivity contribution >= 4 is 5.78 Å². The Balaban J connectivity index is 1.83.